The summed E-state index contributed by atoms with van der Waals surface area (Å²) in [5.41, 5.74) is 1.78. The third-order valence-electron chi connectivity index (χ3n) is 3.79. The van der Waals surface area contributed by atoms with Gasteiger partial charge in [0, 0.05) is 31.0 Å². The van der Waals surface area contributed by atoms with Gasteiger partial charge in [0.05, 0.1) is 12.6 Å². The Balaban J connectivity index is 1.67. The van der Waals surface area contributed by atoms with Crippen LogP contribution in [-0.4, -0.2) is 44.9 Å². The minimum absolute atomic E-state index is 0.000566. The topological polar surface area (TPSA) is 58.4 Å². The van der Waals surface area contributed by atoms with E-state index in [1.165, 1.54) is 0 Å². The molecule has 110 valence electrons. The Hall–Kier alpha value is -2.14. The predicted molar refractivity (Wildman–Crippen MR) is 78.9 cm³/mol. The van der Waals surface area contributed by atoms with E-state index in [1.54, 1.807) is 11.1 Å². The van der Waals surface area contributed by atoms with Crippen molar-refractivity contribution >= 4 is 5.91 Å². The second kappa shape index (κ2) is 6.10. The fourth-order valence-corrected chi connectivity index (χ4v) is 2.66. The SMILES string of the molecule is O=C(c1ccc(Cn2cccn2)cc1)N1CCCC(O)C1. The monoisotopic (exact) mass is 285 g/mol. The molecule has 1 aliphatic heterocycles. The van der Waals surface area contributed by atoms with Gasteiger partial charge in [-0.1, -0.05) is 12.1 Å². The number of amides is 1. The van der Waals surface area contributed by atoms with Crippen LogP contribution in [-0.2, 0) is 6.54 Å². The predicted octanol–water partition coefficient (Wildman–Crippen LogP) is 1.53. The number of benzene rings is 1. The first-order valence-electron chi connectivity index (χ1n) is 7.26. The van der Waals surface area contributed by atoms with Crippen molar-refractivity contribution in [3.8, 4) is 0 Å². The number of carbonyl (C=O) groups excluding carboxylic acids is 1. The first-order chi connectivity index (χ1) is 10.2. The van der Waals surface area contributed by atoms with E-state index in [9.17, 15) is 9.90 Å². The van der Waals surface area contributed by atoms with E-state index in [-0.39, 0.29) is 12.0 Å². The quantitative estimate of drug-likeness (QED) is 0.930. The molecule has 0 spiro atoms. The number of carbonyl (C=O) groups is 1. The molecule has 0 saturated carbocycles. The number of aromatic nitrogens is 2. The molecule has 2 heterocycles. The number of rotatable bonds is 3. The molecule has 1 fully saturated rings. The summed E-state index contributed by atoms with van der Waals surface area (Å²) in [5, 5.41) is 13.8. The zero-order chi connectivity index (χ0) is 14.7. The number of aliphatic hydroxyl groups is 1. The van der Waals surface area contributed by atoms with Crippen molar-refractivity contribution in [3.63, 3.8) is 0 Å². The van der Waals surface area contributed by atoms with Gasteiger partial charge in [-0.05, 0) is 36.6 Å². The van der Waals surface area contributed by atoms with Crippen LogP contribution in [0.5, 0.6) is 0 Å². The van der Waals surface area contributed by atoms with Gasteiger partial charge in [-0.25, -0.2) is 0 Å². The van der Waals surface area contributed by atoms with Crippen LogP contribution in [0.3, 0.4) is 0 Å². The van der Waals surface area contributed by atoms with Gasteiger partial charge in [-0.3, -0.25) is 9.48 Å². The van der Waals surface area contributed by atoms with Crippen LogP contribution in [0.2, 0.25) is 0 Å². The van der Waals surface area contributed by atoms with E-state index in [0.717, 1.165) is 24.9 Å². The molecule has 0 radical (unpaired) electrons. The minimum atomic E-state index is -0.387. The lowest BCUT2D eigenvalue weighted by atomic mass is 10.1. The first-order valence-corrected chi connectivity index (χ1v) is 7.26. The summed E-state index contributed by atoms with van der Waals surface area (Å²) in [7, 11) is 0. The molecule has 1 unspecified atom stereocenters. The van der Waals surface area contributed by atoms with Gasteiger partial charge in [0.15, 0.2) is 0 Å². The van der Waals surface area contributed by atoms with Crippen molar-refractivity contribution < 1.29 is 9.90 Å². The van der Waals surface area contributed by atoms with E-state index >= 15 is 0 Å². The van der Waals surface area contributed by atoms with Gasteiger partial charge in [0.1, 0.15) is 0 Å². The van der Waals surface area contributed by atoms with Crippen molar-refractivity contribution in [1.29, 1.82) is 0 Å². The standard InChI is InChI=1S/C16H19N3O2/c20-15-3-1-9-18(12-15)16(21)14-6-4-13(5-7-14)11-19-10-2-8-17-19/h2,4-8,10,15,20H,1,3,9,11-12H2. The summed E-state index contributed by atoms with van der Waals surface area (Å²) in [5.74, 6) is -0.000566. The summed E-state index contributed by atoms with van der Waals surface area (Å²) in [6.45, 7) is 1.86. The fourth-order valence-electron chi connectivity index (χ4n) is 2.66. The zero-order valence-electron chi connectivity index (χ0n) is 11.9. The second-order valence-corrected chi connectivity index (χ2v) is 5.45. The molecule has 5 heteroatoms. The molecule has 1 N–H and O–H groups in total. The maximum absolute atomic E-state index is 12.4. The fraction of sp³-hybridized carbons (Fsp3) is 0.375. The van der Waals surface area contributed by atoms with E-state index in [1.807, 2.05) is 41.2 Å². The second-order valence-electron chi connectivity index (χ2n) is 5.45. The maximum atomic E-state index is 12.4. The molecule has 1 aromatic heterocycles. The highest BCUT2D eigenvalue weighted by atomic mass is 16.3. The highest BCUT2D eigenvalue weighted by Crippen LogP contribution is 2.14. The third kappa shape index (κ3) is 3.31. The molecule has 1 atom stereocenters. The summed E-state index contributed by atoms with van der Waals surface area (Å²) in [6.07, 6.45) is 4.92. The lowest BCUT2D eigenvalue weighted by Crippen LogP contribution is -2.42. The van der Waals surface area contributed by atoms with Crippen LogP contribution < -0.4 is 0 Å². The molecule has 1 aliphatic rings. The lowest BCUT2D eigenvalue weighted by molar-refractivity contribution is 0.0474. The maximum Gasteiger partial charge on any atom is 0.253 e. The lowest BCUT2D eigenvalue weighted by Gasteiger charge is -2.30. The number of nitrogens with zero attached hydrogens (tertiary/aromatic N) is 3. The van der Waals surface area contributed by atoms with E-state index in [2.05, 4.69) is 5.10 Å². The zero-order valence-corrected chi connectivity index (χ0v) is 11.9. The Morgan fingerprint density at radius 2 is 2.14 bits per heavy atom. The van der Waals surface area contributed by atoms with Crippen LogP contribution in [0.1, 0.15) is 28.8 Å². The largest absolute Gasteiger partial charge is 0.391 e. The van der Waals surface area contributed by atoms with Crippen LogP contribution in [0.4, 0.5) is 0 Å². The first kappa shape index (κ1) is 13.8. The van der Waals surface area contributed by atoms with E-state index < -0.39 is 0 Å². The Morgan fingerprint density at radius 3 is 2.81 bits per heavy atom. The Morgan fingerprint density at radius 1 is 1.33 bits per heavy atom. The molecule has 3 rings (SSSR count). The van der Waals surface area contributed by atoms with Gasteiger partial charge < -0.3 is 10.0 Å². The van der Waals surface area contributed by atoms with E-state index in [4.69, 9.17) is 0 Å². The molecule has 0 bridgehead atoms. The Kier molecular flexibility index (Phi) is 4.01. The van der Waals surface area contributed by atoms with Gasteiger partial charge in [0.2, 0.25) is 0 Å². The average Bonchev–Trinajstić information content (AvgIpc) is 3.00. The van der Waals surface area contributed by atoms with Crippen LogP contribution in [0, 0.1) is 0 Å². The molecule has 1 saturated heterocycles. The van der Waals surface area contributed by atoms with Gasteiger partial charge >= 0.3 is 0 Å². The number of aliphatic hydroxyl groups excluding tert-OH is 1. The molecular weight excluding hydrogens is 266 g/mol. The summed E-state index contributed by atoms with van der Waals surface area (Å²) < 4.78 is 1.85. The Labute approximate surface area is 123 Å². The van der Waals surface area contributed by atoms with Gasteiger partial charge in [0.25, 0.3) is 5.91 Å². The van der Waals surface area contributed by atoms with Gasteiger partial charge in [-0.2, -0.15) is 5.10 Å². The third-order valence-corrected chi connectivity index (χ3v) is 3.79. The van der Waals surface area contributed by atoms with Crippen molar-refractivity contribution in [2.45, 2.75) is 25.5 Å². The van der Waals surface area contributed by atoms with Crippen molar-refractivity contribution in [1.82, 2.24) is 14.7 Å². The summed E-state index contributed by atoms with van der Waals surface area (Å²) in [6, 6.07) is 9.49. The van der Waals surface area contributed by atoms with E-state index in [0.29, 0.717) is 18.7 Å². The molecule has 0 aliphatic carbocycles. The van der Waals surface area contributed by atoms with Crippen LogP contribution in [0.25, 0.3) is 0 Å². The highest BCUT2D eigenvalue weighted by molar-refractivity contribution is 5.94. The average molecular weight is 285 g/mol. The molecule has 2 aromatic rings. The molecule has 5 nitrogen and oxygen atoms in total. The minimum Gasteiger partial charge on any atom is -0.391 e. The number of piperidine rings is 1. The summed E-state index contributed by atoms with van der Waals surface area (Å²) in [4.78, 5) is 14.1. The normalized spacial score (nSPS) is 18.7. The number of hydrogen-bond donors (Lipinski definition) is 1. The van der Waals surface area contributed by atoms with Crippen molar-refractivity contribution in [3.05, 3.63) is 53.9 Å². The summed E-state index contributed by atoms with van der Waals surface area (Å²) >= 11 is 0. The van der Waals surface area contributed by atoms with Gasteiger partial charge in [-0.15, -0.1) is 0 Å². The molecule has 1 aromatic carbocycles. The molecule has 1 amide bonds. The number of likely N-dealkylation sites (tertiary alicyclic amines) is 1. The molecule has 21 heavy (non-hydrogen) atoms. The number of hydrogen-bond acceptors (Lipinski definition) is 3. The molecular formula is C16H19N3O2. The van der Waals surface area contributed by atoms with Crippen molar-refractivity contribution in [2.75, 3.05) is 13.1 Å². The van der Waals surface area contributed by atoms with Crippen molar-refractivity contribution in [2.24, 2.45) is 0 Å². The van der Waals surface area contributed by atoms with Crippen LogP contribution in [0.15, 0.2) is 42.7 Å². The highest BCUT2D eigenvalue weighted by Gasteiger charge is 2.22. The smallest absolute Gasteiger partial charge is 0.253 e. The number of β-amino-alcohol motifs (C(OH)–C–C–N with tert-alkyl or cyclic N) is 1. The Bertz CT molecular complexity index is 592. The van der Waals surface area contributed by atoms with Crippen LogP contribution >= 0.6 is 0 Å².